The predicted molar refractivity (Wildman–Crippen MR) is 211 cm³/mol. The second kappa shape index (κ2) is 14.5. The Kier molecular flexibility index (Phi) is 9.34. The highest BCUT2D eigenvalue weighted by Crippen LogP contribution is 2.47. The molecule has 2 aliphatic rings. The van der Waals surface area contributed by atoms with E-state index in [0.717, 1.165) is 72.0 Å². The molecular weight excluding hydrogens is 627 g/mol. The fraction of sp³-hybridized carbons (Fsp3) is 0.234. The van der Waals surface area contributed by atoms with Gasteiger partial charge in [-0.05, 0) is 93.9 Å². The van der Waals surface area contributed by atoms with Crippen LogP contribution in [0.15, 0.2) is 133 Å². The number of rotatable bonds is 10. The maximum absolute atomic E-state index is 7.30. The molecule has 0 radical (unpaired) electrons. The van der Waals surface area contributed by atoms with Gasteiger partial charge in [0.2, 0.25) is 0 Å². The first-order valence-electron chi connectivity index (χ1n) is 18.4. The maximum atomic E-state index is 7.30. The van der Waals surface area contributed by atoms with Crippen molar-refractivity contribution in [2.75, 3.05) is 38.3 Å². The molecule has 0 N–H and O–H groups in total. The molecule has 51 heavy (non-hydrogen) atoms. The van der Waals surface area contributed by atoms with Crippen molar-refractivity contribution in [3.63, 3.8) is 0 Å². The van der Waals surface area contributed by atoms with Crippen LogP contribution in [0.5, 0.6) is 11.5 Å². The molecule has 6 aromatic carbocycles. The lowest BCUT2D eigenvalue weighted by atomic mass is 9.82. The molecule has 1 atom stereocenters. The Morgan fingerprint density at radius 1 is 0.686 bits per heavy atom. The van der Waals surface area contributed by atoms with Gasteiger partial charge in [-0.2, -0.15) is 0 Å². The average Bonchev–Trinajstić information content (AvgIpc) is 3.21. The molecule has 8 rings (SSSR count). The Morgan fingerprint density at radius 2 is 1.31 bits per heavy atom. The number of hydrogen-bond acceptors (Lipinski definition) is 4. The van der Waals surface area contributed by atoms with E-state index in [0.29, 0.717) is 0 Å². The highest BCUT2D eigenvalue weighted by atomic mass is 16.5. The first-order valence-corrected chi connectivity index (χ1v) is 18.4. The van der Waals surface area contributed by atoms with Gasteiger partial charge in [0, 0.05) is 35.5 Å². The molecule has 0 aromatic heterocycles. The molecule has 0 aliphatic carbocycles. The number of morpholine rings is 1. The van der Waals surface area contributed by atoms with E-state index in [9.17, 15) is 0 Å². The van der Waals surface area contributed by atoms with Crippen molar-refractivity contribution in [1.82, 2.24) is 0 Å². The summed E-state index contributed by atoms with van der Waals surface area (Å²) in [7, 11) is 1.70. The topological polar surface area (TPSA) is 30.9 Å². The largest absolute Gasteiger partial charge is 0.497 e. The van der Waals surface area contributed by atoms with E-state index in [1.54, 1.807) is 7.11 Å². The van der Waals surface area contributed by atoms with Crippen molar-refractivity contribution >= 4 is 22.5 Å². The van der Waals surface area contributed by atoms with Gasteiger partial charge >= 0.3 is 0 Å². The molecule has 1 fully saturated rings. The number of hydrogen-bond donors (Lipinski definition) is 0. The molecule has 4 nitrogen and oxygen atoms in total. The SMILES string of the molecule is CCCCCc1ccc(-c2ccc(-c3cc4c(c5ccccc35)C=CC(c3ccc(OC)cc3)(c3ccc(N5CCOCC5)cc3)O4)cc2)cc1. The number of methoxy groups -OCH3 is 1. The summed E-state index contributed by atoms with van der Waals surface area (Å²) in [5.74, 6) is 1.68. The molecule has 0 saturated carbocycles. The van der Waals surface area contributed by atoms with Gasteiger partial charge in [0.15, 0.2) is 5.60 Å². The van der Waals surface area contributed by atoms with Gasteiger partial charge < -0.3 is 19.1 Å². The van der Waals surface area contributed by atoms with E-state index in [1.165, 1.54) is 52.4 Å². The standard InChI is InChI=1S/C47H45NO3/c1-3-4-5-8-34-11-13-35(14-12-34)36-15-17-37(18-16-36)45-33-46-44(42-9-6-7-10-43(42)45)27-28-47(51-46,39-21-25-41(49-2)26-22-39)38-19-23-40(24-20-38)48-29-31-50-32-30-48/h6-7,9-28,33H,3-5,8,29-32H2,1-2H3. The van der Waals surface area contributed by atoms with Gasteiger partial charge in [0.05, 0.1) is 20.3 Å². The highest BCUT2D eigenvalue weighted by molar-refractivity contribution is 6.03. The lowest BCUT2D eigenvalue weighted by Crippen LogP contribution is -2.36. The molecule has 0 bridgehead atoms. The van der Waals surface area contributed by atoms with Crippen molar-refractivity contribution in [3.8, 4) is 33.8 Å². The third-order valence-electron chi connectivity index (χ3n) is 10.5. The zero-order chi connectivity index (χ0) is 34.6. The first kappa shape index (κ1) is 32.9. The van der Waals surface area contributed by atoms with E-state index in [-0.39, 0.29) is 0 Å². The van der Waals surface area contributed by atoms with Crippen molar-refractivity contribution in [1.29, 1.82) is 0 Å². The summed E-state index contributed by atoms with van der Waals surface area (Å²) >= 11 is 0. The monoisotopic (exact) mass is 671 g/mol. The van der Waals surface area contributed by atoms with Crippen LogP contribution in [0, 0.1) is 0 Å². The van der Waals surface area contributed by atoms with Crippen LogP contribution in [0.4, 0.5) is 5.69 Å². The Hall–Kier alpha value is -5.32. The lowest BCUT2D eigenvalue weighted by molar-refractivity contribution is 0.122. The summed E-state index contributed by atoms with van der Waals surface area (Å²) in [6, 6.07) is 46.1. The summed E-state index contributed by atoms with van der Waals surface area (Å²) in [4.78, 5) is 2.38. The Bertz CT molecular complexity index is 2130. The number of ether oxygens (including phenoxy) is 3. The summed E-state index contributed by atoms with van der Waals surface area (Å²) in [6.07, 6.45) is 9.40. The molecular formula is C47H45NO3. The Morgan fingerprint density at radius 3 is 1.98 bits per heavy atom. The van der Waals surface area contributed by atoms with Gasteiger partial charge in [-0.1, -0.05) is 117 Å². The molecule has 256 valence electrons. The normalized spacial score (nSPS) is 16.9. The second-order valence-electron chi connectivity index (χ2n) is 13.7. The van der Waals surface area contributed by atoms with E-state index < -0.39 is 5.60 Å². The summed E-state index contributed by atoms with van der Waals surface area (Å²) in [5, 5.41) is 2.38. The van der Waals surface area contributed by atoms with Gasteiger partial charge in [-0.25, -0.2) is 0 Å². The number of anilines is 1. The van der Waals surface area contributed by atoms with Gasteiger partial charge in [-0.3, -0.25) is 0 Å². The van der Waals surface area contributed by atoms with Crippen molar-refractivity contribution < 1.29 is 14.2 Å². The predicted octanol–water partition coefficient (Wildman–Crippen LogP) is 11.1. The zero-order valence-electron chi connectivity index (χ0n) is 29.6. The molecule has 0 spiro atoms. The Labute approximate surface area is 301 Å². The van der Waals surface area contributed by atoms with Crippen LogP contribution in [0.3, 0.4) is 0 Å². The smallest absolute Gasteiger partial charge is 0.178 e. The average molecular weight is 672 g/mol. The van der Waals surface area contributed by atoms with Crippen LogP contribution in [-0.2, 0) is 16.8 Å². The number of unbranched alkanes of at least 4 members (excludes halogenated alkanes) is 2. The molecule has 0 amide bonds. The van der Waals surface area contributed by atoms with Crippen molar-refractivity contribution in [3.05, 3.63) is 156 Å². The minimum Gasteiger partial charge on any atom is -0.497 e. The molecule has 2 heterocycles. The zero-order valence-corrected chi connectivity index (χ0v) is 29.6. The molecule has 4 heteroatoms. The van der Waals surface area contributed by atoms with E-state index in [1.807, 2.05) is 12.1 Å². The number of aryl methyl sites for hydroxylation is 1. The van der Waals surface area contributed by atoms with Crippen molar-refractivity contribution in [2.45, 2.75) is 38.2 Å². The number of nitrogens with zero attached hydrogens (tertiary/aromatic N) is 1. The lowest BCUT2D eigenvalue weighted by Gasteiger charge is -2.37. The molecule has 1 saturated heterocycles. The summed E-state index contributed by atoms with van der Waals surface area (Å²) < 4.78 is 18.4. The van der Waals surface area contributed by atoms with Crippen LogP contribution in [0.2, 0.25) is 0 Å². The Balaban J connectivity index is 1.17. The van der Waals surface area contributed by atoms with Crippen LogP contribution < -0.4 is 14.4 Å². The fourth-order valence-corrected chi connectivity index (χ4v) is 7.62. The summed E-state index contributed by atoms with van der Waals surface area (Å²) in [6.45, 7) is 5.56. The quantitative estimate of drug-likeness (QED) is 0.136. The number of fused-ring (bicyclic) bond motifs is 3. The molecule has 6 aromatic rings. The van der Waals surface area contributed by atoms with E-state index >= 15 is 0 Å². The van der Waals surface area contributed by atoms with E-state index in [2.05, 4.69) is 139 Å². The van der Waals surface area contributed by atoms with Crippen LogP contribution >= 0.6 is 0 Å². The summed E-state index contributed by atoms with van der Waals surface area (Å²) in [5.41, 5.74) is 9.79. The second-order valence-corrected chi connectivity index (χ2v) is 13.7. The van der Waals surface area contributed by atoms with E-state index in [4.69, 9.17) is 14.2 Å². The van der Waals surface area contributed by atoms with Crippen LogP contribution in [0.25, 0.3) is 39.1 Å². The van der Waals surface area contributed by atoms with Crippen LogP contribution in [-0.4, -0.2) is 33.4 Å². The first-order chi connectivity index (χ1) is 25.1. The van der Waals surface area contributed by atoms with Gasteiger partial charge in [0.1, 0.15) is 11.5 Å². The highest BCUT2D eigenvalue weighted by Gasteiger charge is 2.38. The van der Waals surface area contributed by atoms with Crippen molar-refractivity contribution in [2.24, 2.45) is 0 Å². The third-order valence-corrected chi connectivity index (χ3v) is 10.5. The fourth-order valence-electron chi connectivity index (χ4n) is 7.62. The van der Waals surface area contributed by atoms with Crippen LogP contribution in [0.1, 0.15) is 48.4 Å². The number of benzene rings is 6. The molecule has 1 unspecified atom stereocenters. The maximum Gasteiger partial charge on any atom is 0.178 e. The third kappa shape index (κ3) is 6.53. The molecule has 2 aliphatic heterocycles. The minimum absolute atomic E-state index is 0.755. The van der Waals surface area contributed by atoms with Gasteiger partial charge in [-0.15, -0.1) is 0 Å². The minimum atomic E-state index is -0.824. The van der Waals surface area contributed by atoms with Gasteiger partial charge in [0.25, 0.3) is 0 Å².